The molecule has 0 saturated carbocycles. The van der Waals surface area contributed by atoms with E-state index in [1.54, 1.807) is 6.07 Å². The van der Waals surface area contributed by atoms with E-state index in [2.05, 4.69) is 19.2 Å². The normalized spacial score (nSPS) is 6.86. The van der Waals surface area contributed by atoms with Gasteiger partial charge in [0.15, 0.2) is 0 Å². The SMILES string of the molecule is COOC.COP=O.Cl.O.O/C=C/O.O=CO[O-].Oc1cccc(O)c1.[H-].[Na+].[Na+]. The molecule has 0 aliphatic carbocycles. The van der Waals surface area contributed by atoms with E-state index in [-0.39, 0.29) is 105 Å². The van der Waals surface area contributed by atoms with Crippen molar-refractivity contribution < 1.29 is 120 Å². The van der Waals surface area contributed by atoms with Gasteiger partial charge in [-0.3, -0.25) is 9.32 Å². The summed E-state index contributed by atoms with van der Waals surface area (Å²) in [5.41, 5.74) is 0. The molecule has 0 atom stereocenters. The molecule has 12 nitrogen and oxygen atoms in total. The van der Waals surface area contributed by atoms with Gasteiger partial charge in [0.05, 0.1) is 14.2 Å². The summed E-state index contributed by atoms with van der Waals surface area (Å²) in [6.45, 7) is -0.181. The summed E-state index contributed by atoms with van der Waals surface area (Å²) < 4.78 is 13.0. The summed E-state index contributed by atoms with van der Waals surface area (Å²) in [4.78, 5) is 19.3. The molecule has 0 bridgehead atoms. The molecule has 0 aliphatic rings. The Morgan fingerprint density at radius 1 is 1.04 bits per heavy atom. The smallest absolute Gasteiger partial charge is 1.00 e. The van der Waals surface area contributed by atoms with Crippen molar-refractivity contribution in [3.05, 3.63) is 36.8 Å². The van der Waals surface area contributed by atoms with Crippen LogP contribution in [0.15, 0.2) is 36.8 Å². The number of carbonyl (C=O) groups excluding carboxylic acids is 1. The van der Waals surface area contributed by atoms with E-state index in [0.29, 0.717) is 12.5 Å². The first-order valence-corrected chi connectivity index (χ1v) is 6.24. The minimum atomic E-state index is -0.252. The van der Waals surface area contributed by atoms with Crippen molar-refractivity contribution in [1.82, 2.24) is 0 Å². The van der Waals surface area contributed by atoms with Crippen molar-refractivity contribution in [3.63, 3.8) is 0 Å². The number of hydrogen-bond acceptors (Lipinski definition) is 11. The summed E-state index contributed by atoms with van der Waals surface area (Å²) in [6.07, 6.45) is 1.11. The number of aromatic hydroxyl groups is 2. The number of aliphatic hydroxyl groups is 2. The Kier molecular flexibility index (Phi) is 102. The second-order valence-electron chi connectivity index (χ2n) is 2.60. The fraction of sp³-hybridized carbons (Fsp3) is 0.250. The number of rotatable bonds is 3. The van der Waals surface area contributed by atoms with Crippen LogP contribution >= 0.6 is 21.1 Å². The van der Waals surface area contributed by atoms with Crippen molar-refractivity contribution in [2.45, 2.75) is 0 Å². The molecular formula is C12H24ClNa2O12P. The fourth-order valence-electron chi connectivity index (χ4n) is 0.493. The second-order valence-corrected chi connectivity index (χ2v) is 3.12. The maximum Gasteiger partial charge on any atom is 1.00 e. The number of aliphatic hydroxyl groups excluding tert-OH is 2. The van der Waals surface area contributed by atoms with E-state index in [4.69, 9.17) is 35.0 Å². The van der Waals surface area contributed by atoms with Gasteiger partial charge in [-0.25, -0.2) is 14.3 Å². The predicted octanol–water partition coefficient (Wildman–Crippen LogP) is -5.14. The third-order valence-corrected chi connectivity index (χ3v) is 1.33. The van der Waals surface area contributed by atoms with E-state index < -0.39 is 0 Å². The number of phenols is 2. The summed E-state index contributed by atoms with van der Waals surface area (Å²) in [5, 5.41) is 40.6. The largest absolute Gasteiger partial charge is 1.00 e. The molecule has 0 radical (unpaired) electrons. The van der Waals surface area contributed by atoms with Gasteiger partial charge in [0.25, 0.3) is 6.47 Å². The minimum absolute atomic E-state index is 0. The number of phenolic OH excluding ortho intramolecular Hbond substituents is 2. The third-order valence-electron chi connectivity index (χ3n) is 1.18. The van der Waals surface area contributed by atoms with Crippen LogP contribution in [-0.2, 0) is 28.5 Å². The van der Waals surface area contributed by atoms with Crippen LogP contribution in [0.25, 0.3) is 0 Å². The van der Waals surface area contributed by atoms with Crippen LogP contribution in [0.2, 0.25) is 0 Å². The first-order chi connectivity index (χ1) is 11.4. The van der Waals surface area contributed by atoms with Gasteiger partial charge in [0.2, 0.25) is 0 Å². The monoisotopic (exact) mass is 472 g/mol. The van der Waals surface area contributed by atoms with E-state index in [1.807, 2.05) is 0 Å². The molecule has 0 unspecified atom stereocenters. The molecule has 1 aromatic carbocycles. The van der Waals surface area contributed by atoms with Crippen molar-refractivity contribution in [1.29, 1.82) is 0 Å². The quantitative estimate of drug-likeness (QED) is 0.0816. The van der Waals surface area contributed by atoms with Crippen molar-refractivity contribution in [3.8, 4) is 11.5 Å². The molecule has 28 heavy (non-hydrogen) atoms. The zero-order valence-electron chi connectivity index (χ0n) is 17.0. The number of halogens is 1. The standard InChI is InChI=1S/C6H6O2.C2H6O2.C2H4O2.CH2O3.CH3O2P.ClH.2Na.H2O.H/c7-5-2-1-3-6(8)4-5;1-3-4-2;3-1-2-4;2-1-4-3;1-3-4-2;;;;;/h1-4,7-8H;1-2H3;1-4H;1,3H;1H3;1H;;;1H2;/q;;;;;;2*+1;;-1/p-1/b;;2-1+;;;;;;;. The van der Waals surface area contributed by atoms with Crippen molar-refractivity contribution in [2.75, 3.05) is 21.3 Å². The van der Waals surface area contributed by atoms with E-state index in [9.17, 15) is 0 Å². The maximum atomic E-state index is 9.05. The maximum absolute atomic E-state index is 9.05. The van der Waals surface area contributed by atoms with Crippen LogP contribution in [0, 0.1) is 0 Å². The summed E-state index contributed by atoms with van der Waals surface area (Å²) >= 11 is 0. The molecule has 1 aromatic rings. The summed E-state index contributed by atoms with van der Waals surface area (Å²) in [5.74, 6) is 0.176. The van der Waals surface area contributed by atoms with Crippen LogP contribution in [0.5, 0.6) is 11.5 Å². The predicted molar refractivity (Wildman–Crippen MR) is 91.9 cm³/mol. The summed E-state index contributed by atoms with van der Waals surface area (Å²) in [7, 11) is 4.02. The molecule has 1 rings (SSSR count). The van der Waals surface area contributed by atoms with Crippen LogP contribution < -0.4 is 64.4 Å². The van der Waals surface area contributed by atoms with Gasteiger partial charge in [-0.15, -0.1) is 12.4 Å². The average molecular weight is 473 g/mol. The Bertz CT molecular complexity index is 380. The second kappa shape index (κ2) is 56.3. The van der Waals surface area contributed by atoms with E-state index >= 15 is 0 Å². The Labute approximate surface area is 216 Å². The molecular weight excluding hydrogens is 449 g/mol. The zero-order chi connectivity index (χ0) is 19.6. The number of carbonyl (C=O) groups is 1. The molecule has 0 aliphatic heterocycles. The topological polar surface area (TPSA) is 207 Å². The molecule has 158 valence electrons. The fourth-order valence-corrected chi connectivity index (χ4v) is 0.493. The molecule has 0 saturated heterocycles. The third kappa shape index (κ3) is 83.3. The molecule has 0 spiro atoms. The van der Waals surface area contributed by atoms with Gasteiger partial charge in [0, 0.05) is 13.2 Å². The van der Waals surface area contributed by atoms with Crippen molar-refractivity contribution >= 4 is 27.6 Å². The van der Waals surface area contributed by atoms with Gasteiger partial charge < -0.3 is 37.5 Å². The zero-order valence-corrected chi connectivity index (χ0v) is 21.8. The first-order valence-electron chi connectivity index (χ1n) is 5.51. The van der Waals surface area contributed by atoms with Gasteiger partial charge >= 0.3 is 67.8 Å². The molecule has 0 fully saturated rings. The van der Waals surface area contributed by atoms with Gasteiger partial charge in [-0.1, -0.05) is 6.07 Å². The molecule has 0 aromatic heterocycles. The molecule has 0 amide bonds. The number of hydrogen-bond donors (Lipinski definition) is 4. The first kappa shape index (κ1) is 50.9. The molecule has 0 heterocycles. The minimum Gasteiger partial charge on any atom is -1.00 e. The van der Waals surface area contributed by atoms with Crippen molar-refractivity contribution in [2.24, 2.45) is 0 Å². The average Bonchev–Trinajstić information content (AvgIpc) is 2.62. The van der Waals surface area contributed by atoms with E-state index in [1.165, 1.54) is 39.5 Å². The summed E-state index contributed by atoms with van der Waals surface area (Å²) in [6, 6.07) is 5.85. The van der Waals surface area contributed by atoms with Gasteiger partial charge in [-0.2, -0.15) is 0 Å². The Morgan fingerprint density at radius 3 is 1.39 bits per heavy atom. The van der Waals surface area contributed by atoms with Crippen LogP contribution in [-0.4, -0.2) is 53.7 Å². The van der Waals surface area contributed by atoms with E-state index in [0.717, 1.165) is 0 Å². The number of benzene rings is 1. The Hall–Kier alpha value is -0.180. The Balaban J connectivity index is -0.0000000246. The van der Waals surface area contributed by atoms with Crippen LogP contribution in [0.4, 0.5) is 0 Å². The van der Waals surface area contributed by atoms with Crippen LogP contribution in [0.1, 0.15) is 1.43 Å². The Morgan fingerprint density at radius 2 is 1.32 bits per heavy atom. The van der Waals surface area contributed by atoms with Crippen LogP contribution in [0.3, 0.4) is 0 Å². The molecule has 16 heteroatoms. The van der Waals surface area contributed by atoms with Gasteiger partial charge in [-0.05, 0) is 12.1 Å². The molecule has 6 N–H and O–H groups in total. The van der Waals surface area contributed by atoms with Gasteiger partial charge in [0.1, 0.15) is 24.0 Å².